The van der Waals surface area contributed by atoms with Crippen LogP contribution in [0.15, 0.2) is 21.4 Å². The van der Waals surface area contributed by atoms with E-state index < -0.39 is 0 Å². The molecule has 4 heteroatoms. The summed E-state index contributed by atoms with van der Waals surface area (Å²) < 4.78 is 6.04. The predicted octanol–water partition coefficient (Wildman–Crippen LogP) is 2.29. The highest BCUT2D eigenvalue weighted by Gasteiger charge is 2.04. The molecule has 3 nitrogen and oxygen atoms in total. The molecule has 2 aromatic heterocycles. The minimum Gasteiger partial charge on any atom is -0.443 e. The van der Waals surface area contributed by atoms with Gasteiger partial charge in [0.1, 0.15) is 16.7 Å². The molecule has 0 N–H and O–H groups in total. The van der Waals surface area contributed by atoms with Gasteiger partial charge in [-0.2, -0.15) is 0 Å². The van der Waals surface area contributed by atoms with Gasteiger partial charge in [0.05, 0.1) is 5.39 Å². The molecule has 0 aliphatic rings. The Morgan fingerprint density at radius 1 is 1.45 bits per heavy atom. The number of nitrogens with zero attached hydrogens (tertiary/aromatic N) is 2. The Morgan fingerprint density at radius 3 is 3.00 bits per heavy atom. The van der Waals surface area contributed by atoms with Crippen molar-refractivity contribution >= 4 is 27.0 Å². The fraction of sp³-hybridized carbons (Fsp3) is 0.143. The molecular weight excluding hydrogens is 208 g/mol. The topological polar surface area (TPSA) is 38.9 Å². The van der Waals surface area contributed by atoms with E-state index in [1.165, 1.54) is 6.33 Å². The zero-order valence-electron chi connectivity index (χ0n) is 5.84. The fourth-order valence-corrected chi connectivity index (χ4v) is 1.32. The molecule has 0 radical (unpaired) electrons. The summed E-state index contributed by atoms with van der Waals surface area (Å²) in [4.78, 5) is 7.92. The van der Waals surface area contributed by atoms with Crippen LogP contribution in [0.1, 0.15) is 5.76 Å². The number of rotatable bonds is 0. The SMILES string of the molecule is Cc1cc2c(Br)ncnc2o1. The summed E-state index contributed by atoms with van der Waals surface area (Å²) >= 11 is 3.30. The van der Waals surface area contributed by atoms with Crippen molar-refractivity contribution in [2.45, 2.75) is 6.92 Å². The second-order valence-electron chi connectivity index (χ2n) is 2.24. The smallest absolute Gasteiger partial charge is 0.230 e. The lowest BCUT2D eigenvalue weighted by atomic mass is 10.4. The molecule has 0 aromatic carbocycles. The third kappa shape index (κ3) is 1.03. The van der Waals surface area contributed by atoms with Crippen molar-refractivity contribution < 1.29 is 4.42 Å². The average Bonchev–Trinajstić information content (AvgIpc) is 2.31. The van der Waals surface area contributed by atoms with E-state index in [1.54, 1.807) is 0 Å². The molecule has 2 heterocycles. The third-order valence-electron chi connectivity index (χ3n) is 1.40. The predicted molar refractivity (Wildman–Crippen MR) is 44.2 cm³/mol. The van der Waals surface area contributed by atoms with Crippen LogP contribution in [0.5, 0.6) is 0 Å². The Kier molecular flexibility index (Phi) is 1.42. The van der Waals surface area contributed by atoms with Crippen molar-refractivity contribution in [3.8, 4) is 0 Å². The molecule has 0 unspecified atom stereocenters. The van der Waals surface area contributed by atoms with Gasteiger partial charge in [0.15, 0.2) is 0 Å². The van der Waals surface area contributed by atoms with E-state index in [0.717, 1.165) is 15.7 Å². The van der Waals surface area contributed by atoms with Crippen molar-refractivity contribution in [3.63, 3.8) is 0 Å². The molecule has 11 heavy (non-hydrogen) atoms. The summed E-state index contributed by atoms with van der Waals surface area (Å²) in [6, 6.07) is 1.90. The summed E-state index contributed by atoms with van der Waals surface area (Å²) in [6.07, 6.45) is 1.47. The van der Waals surface area contributed by atoms with Crippen LogP contribution in [0.3, 0.4) is 0 Å². The molecule has 2 rings (SSSR count). The molecule has 56 valence electrons. The number of aryl methyl sites for hydroxylation is 1. The molecule has 0 spiro atoms. The Hall–Kier alpha value is -0.900. The second kappa shape index (κ2) is 2.30. The van der Waals surface area contributed by atoms with E-state index in [9.17, 15) is 0 Å². The molecule has 0 aliphatic heterocycles. The first-order valence-electron chi connectivity index (χ1n) is 3.14. The second-order valence-corrected chi connectivity index (χ2v) is 2.99. The zero-order valence-corrected chi connectivity index (χ0v) is 7.42. The largest absolute Gasteiger partial charge is 0.443 e. The first kappa shape index (κ1) is 6.79. The highest BCUT2D eigenvalue weighted by Crippen LogP contribution is 2.22. The lowest BCUT2D eigenvalue weighted by Gasteiger charge is -1.87. The van der Waals surface area contributed by atoms with Gasteiger partial charge in [-0.15, -0.1) is 0 Å². The Bertz CT molecular complexity index is 396. The van der Waals surface area contributed by atoms with Gasteiger partial charge in [0.2, 0.25) is 5.71 Å². The van der Waals surface area contributed by atoms with Crippen LogP contribution in [0.4, 0.5) is 0 Å². The van der Waals surface area contributed by atoms with Gasteiger partial charge in [-0.3, -0.25) is 0 Å². The maximum Gasteiger partial charge on any atom is 0.230 e. The molecule has 0 fully saturated rings. The Morgan fingerprint density at radius 2 is 2.27 bits per heavy atom. The van der Waals surface area contributed by atoms with E-state index in [-0.39, 0.29) is 0 Å². The van der Waals surface area contributed by atoms with Gasteiger partial charge in [-0.1, -0.05) is 0 Å². The maximum absolute atomic E-state index is 5.27. The van der Waals surface area contributed by atoms with Gasteiger partial charge < -0.3 is 4.42 Å². The maximum atomic E-state index is 5.27. The summed E-state index contributed by atoms with van der Waals surface area (Å²) in [5, 5.41) is 0.921. The monoisotopic (exact) mass is 212 g/mol. The molecule has 2 aromatic rings. The summed E-state index contributed by atoms with van der Waals surface area (Å²) in [7, 11) is 0. The van der Waals surface area contributed by atoms with Crippen LogP contribution in [0.2, 0.25) is 0 Å². The van der Waals surface area contributed by atoms with Gasteiger partial charge >= 0.3 is 0 Å². The number of hydrogen-bond donors (Lipinski definition) is 0. The van der Waals surface area contributed by atoms with E-state index in [2.05, 4.69) is 25.9 Å². The normalized spacial score (nSPS) is 10.7. The van der Waals surface area contributed by atoms with Crippen molar-refractivity contribution in [2.75, 3.05) is 0 Å². The lowest BCUT2D eigenvalue weighted by molar-refractivity contribution is 0.567. The number of hydrogen-bond acceptors (Lipinski definition) is 3. The van der Waals surface area contributed by atoms with E-state index in [4.69, 9.17) is 4.42 Å². The number of halogens is 1. The van der Waals surface area contributed by atoms with Crippen molar-refractivity contribution in [3.05, 3.63) is 22.8 Å². The van der Waals surface area contributed by atoms with Gasteiger partial charge in [-0.25, -0.2) is 9.97 Å². The number of aromatic nitrogens is 2. The van der Waals surface area contributed by atoms with Crippen molar-refractivity contribution in [1.82, 2.24) is 9.97 Å². The van der Waals surface area contributed by atoms with Crippen molar-refractivity contribution in [2.24, 2.45) is 0 Å². The van der Waals surface area contributed by atoms with Gasteiger partial charge in [-0.05, 0) is 28.9 Å². The van der Waals surface area contributed by atoms with Crippen LogP contribution in [-0.4, -0.2) is 9.97 Å². The van der Waals surface area contributed by atoms with E-state index in [1.807, 2.05) is 13.0 Å². The summed E-state index contributed by atoms with van der Waals surface area (Å²) in [6.45, 7) is 1.88. The van der Waals surface area contributed by atoms with Gasteiger partial charge in [0, 0.05) is 0 Å². The van der Waals surface area contributed by atoms with Gasteiger partial charge in [0.25, 0.3) is 0 Å². The van der Waals surface area contributed by atoms with Crippen LogP contribution in [0, 0.1) is 6.92 Å². The zero-order chi connectivity index (χ0) is 7.84. The highest BCUT2D eigenvalue weighted by molar-refractivity contribution is 9.10. The van der Waals surface area contributed by atoms with Crippen LogP contribution >= 0.6 is 15.9 Å². The molecular formula is C7H5BrN2O. The average molecular weight is 213 g/mol. The van der Waals surface area contributed by atoms with Crippen LogP contribution in [0.25, 0.3) is 11.1 Å². The molecule has 0 saturated heterocycles. The van der Waals surface area contributed by atoms with Crippen LogP contribution in [-0.2, 0) is 0 Å². The third-order valence-corrected chi connectivity index (χ3v) is 2.04. The first-order chi connectivity index (χ1) is 5.27. The molecule has 0 bridgehead atoms. The fourth-order valence-electron chi connectivity index (χ4n) is 0.947. The first-order valence-corrected chi connectivity index (χ1v) is 3.93. The Balaban J connectivity index is 2.90. The quantitative estimate of drug-likeness (QED) is 0.630. The minimum absolute atomic E-state index is 0.629. The number of furan rings is 1. The van der Waals surface area contributed by atoms with E-state index in [0.29, 0.717) is 5.71 Å². The molecule has 0 amide bonds. The lowest BCUT2D eigenvalue weighted by Crippen LogP contribution is -1.77. The molecule has 0 saturated carbocycles. The molecule has 0 atom stereocenters. The standard InChI is InChI=1S/C7H5BrN2O/c1-4-2-5-6(8)9-3-10-7(5)11-4/h2-3H,1H3. The summed E-state index contributed by atoms with van der Waals surface area (Å²) in [5.41, 5.74) is 0.629. The Labute approximate surface area is 71.6 Å². The van der Waals surface area contributed by atoms with Crippen LogP contribution < -0.4 is 0 Å². The minimum atomic E-state index is 0.629. The highest BCUT2D eigenvalue weighted by atomic mass is 79.9. The number of fused-ring (bicyclic) bond motifs is 1. The summed E-state index contributed by atoms with van der Waals surface area (Å²) in [5.74, 6) is 0.848. The van der Waals surface area contributed by atoms with Crippen molar-refractivity contribution in [1.29, 1.82) is 0 Å². The molecule has 0 aliphatic carbocycles. The van der Waals surface area contributed by atoms with E-state index >= 15 is 0 Å².